The highest BCUT2D eigenvalue weighted by atomic mass is 127. The summed E-state index contributed by atoms with van der Waals surface area (Å²) in [7, 11) is 3.89. The van der Waals surface area contributed by atoms with Crippen molar-refractivity contribution >= 4 is 35.8 Å². The highest BCUT2D eigenvalue weighted by Gasteiger charge is 2.17. The number of aryl methyl sites for hydroxylation is 2. The molecule has 0 bridgehead atoms. The van der Waals surface area contributed by atoms with Crippen LogP contribution in [0.15, 0.2) is 29.3 Å². The number of rotatable bonds is 8. The van der Waals surface area contributed by atoms with Gasteiger partial charge in [-0.05, 0) is 57.1 Å². The van der Waals surface area contributed by atoms with E-state index in [1.165, 1.54) is 0 Å². The Morgan fingerprint density at radius 2 is 2.03 bits per heavy atom. The second-order valence-corrected chi connectivity index (χ2v) is 8.41. The molecule has 3 N–H and O–H groups in total. The summed E-state index contributed by atoms with van der Waals surface area (Å²) in [6.45, 7) is 5.52. The Morgan fingerprint density at radius 1 is 1.33 bits per heavy atom. The predicted molar refractivity (Wildman–Crippen MR) is 143 cm³/mol. The lowest BCUT2D eigenvalue weighted by Gasteiger charge is -2.26. The number of nitrogen functional groups attached to an aromatic ring is 1. The number of guanidine groups is 1. The summed E-state index contributed by atoms with van der Waals surface area (Å²) in [6.07, 6.45) is 4.95. The van der Waals surface area contributed by atoms with Crippen LogP contribution in [0.1, 0.15) is 42.5 Å². The van der Waals surface area contributed by atoms with Crippen LogP contribution in [0.2, 0.25) is 0 Å². The average molecular weight is 566 g/mol. The zero-order valence-corrected chi connectivity index (χ0v) is 22.2. The number of aromatic nitrogens is 2. The van der Waals surface area contributed by atoms with Crippen molar-refractivity contribution in [1.82, 2.24) is 20.0 Å². The smallest absolute Gasteiger partial charge is 0.193 e. The zero-order valence-electron chi connectivity index (χ0n) is 19.9. The molecule has 1 aliphatic rings. The van der Waals surface area contributed by atoms with Crippen LogP contribution in [-0.2, 0) is 11.2 Å². The summed E-state index contributed by atoms with van der Waals surface area (Å²) in [5.74, 6) is 2.02. The van der Waals surface area contributed by atoms with E-state index >= 15 is 0 Å². The molecule has 2 heterocycles. The van der Waals surface area contributed by atoms with Gasteiger partial charge < -0.3 is 20.7 Å². The Labute approximate surface area is 214 Å². The van der Waals surface area contributed by atoms with Gasteiger partial charge in [0.15, 0.2) is 5.96 Å². The Bertz CT molecular complexity index is 943. The SMILES string of the molecule is CN=C(NCCCc1nn(-c2ccc(C)cc2)c(N)c1C#N)N(C)CCC1CCOCC1.I. The van der Waals surface area contributed by atoms with Gasteiger partial charge in [0.1, 0.15) is 17.5 Å². The third-order valence-corrected chi connectivity index (χ3v) is 6.04. The molecule has 0 radical (unpaired) electrons. The van der Waals surface area contributed by atoms with Crippen LogP contribution in [0.25, 0.3) is 5.69 Å². The highest BCUT2D eigenvalue weighted by Crippen LogP contribution is 2.22. The molecular formula is C24H36IN7O. The number of halogens is 1. The molecule has 2 aromatic rings. The number of ether oxygens (including phenoxy) is 1. The summed E-state index contributed by atoms with van der Waals surface area (Å²) in [5.41, 5.74) is 9.44. The van der Waals surface area contributed by atoms with Crippen molar-refractivity contribution < 1.29 is 4.74 Å². The highest BCUT2D eigenvalue weighted by molar-refractivity contribution is 14.0. The molecule has 8 nitrogen and oxygen atoms in total. The van der Waals surface area contributed by atoms with Crippen molar-refractivity contribution in [3.8, 4) is 11.8 Å². The number of hydrogen-bond donors (Lipinski definition) is 2. The fourth-order valence-corrected chi connectivity index (χ4v) is 4.02. The monoisotopic (exact) mass is 565 g/mol. The first kappa shape index (κ1) is 26.9. The Hall–Kier alpha value is -2.32. The van der Waals surface area contributed by atoms with Gasteiger partial charge in [-0.3, -0.25) is 4.99 Å². The van der Waals surface area contributed by atoms with Crippen molar-refractivity contribution in [2.45, 2.75) is 39.0 Å². The quantitative estimate of drug-likeness (QED) is 0.220. The second kappa shape index (κ2) is 13.4. The van der Waals surface area contributed by atoms with E-state index in [9.17, 15) is 5.26 Å². The van der Waals surface area contributed by atoms with E-state index < -0.39 is 0 Å². The first-order valence-electron chi connectivity index (χ1n) is 11.4. The van der Waals surface area contributed by atoms with Crippen LogP contribution < -0.4 is 11.1 Å². The third-order valence-electron chi connectivity index (χ3n) is 6.04. The molecule has 0 aliphatic carbocycles. The molecule has 0 saturated carbocycles. The lowest BCUT2D eigenvalue weighted by Crippen LogP contribution is -2.40. The number of nitrogens with one attached hydrogen (secondary N) is 1. The van der Waals surface area contributed by atoms with Gasteiger partial charge in [0.2, 0.25) is 0 Å². The molecule has 0 atom stereocenters. The van der Waals surface area contributed by atoms with Gasteiger partial charge in [0.05, 0.1) is 11.4 Å². The summed E-state index contributed by atoms with van der Waals surface area (Å²) in [5, 5.41) is 17.6. The van der Waals surface area contributed by atoms with Crippen molar-refractivity contribution in [3.05, 3.63) is 41.1 Å². The van der Waals surface area contributed by atoms with Crippen LogP contribution in [0.3, 0.4) is 0 Å². The third kappa shape index (κ3) is 7.33. The lowest BCUT2D eigenvalue weighted by molar-refractivity contribution is 0.0625. The van der Waals surface area contributed by atoms with Gasteiger partial charge >= 0.3 is 0 Å². The molecule has 0 unspecified atom stereocenters. The Balaban J connectivity index is 0.00000385. The average Bonchev–Trinajstić information content (AvgIpc) is 3.13. The van der Waals surface area contributed by atoms with Crippen LogP contribution in [0, 0.1) is 24.2 Å². The Morgan fingerprint density at radius 3 is 2.67 bits per heavy atom. The number of nitrogens with two attached hydrogens (primary N) is 1. The first-order valence-corrected chi connectivity index (χ1v) is 11.4. The van der Waals surface area contributed by atoms with Crippen molar-refractivity contribution in [2.24, 2.45) is 10.9 Å². The molecular weight excluding hydrogens is 529 g/mol. The predicted octanol–water partition coefficient (Wildman–Crippen LogP) is 3.51. The number of benzene rings is 1. The molecule has 1 fully saturated rings. The standard InChI is InChI=1S/C24H35N7O.HI/c1-18-6-8-20(9-7-18)31-23(26)21(17-25)22(29-31)5-4-13-28-24(27-2)30(3)14-10-19-11-15-32-16-12-19;/h6-9,19H,4-5,10-16,26H2,1-3H3,(H,27,28);1H. The summed E-state index contributed by atoms with van der Waals surface area (Å²) in [4.78, 5) is 6.59. The summed E-state index contributed by atoms with van der Waals surface area (Å²) < 4.78 is 7.10. The van der Waals surface area contributed by atoms with Crippen LogP contribution >= 0.6 is 24.0 Å². The Kier molecular flexibility index (Phi) is 10.9. The van der Waals surface area contributed by atoms with Crippen LogP contribution in [0.4, 0.5) is 5.82 Å². The van der Waals surface area contributed by atoms with E-state index in [4.69, 9.17) is 10.5 Å². The van der Waals surface area contributed by atoms with Crippen molar-refractivity contribution in [3.63, 3.8) is 0 Å². The number of anilines is 1. The van der Waals surface area contributed by atoms with Crippen molar-refractivity contribution in [1.29, 1.82) is 5.26 Å². The molecule has 0 amide bonds. The molecule has 1 aromatic heterocycles. The van der Waals surface area contributed by atoms with E-state index in [0.29, 0.717) is 17.8 Å². The molecule has 33 heavy (non-hydrogen) atoms. The fraction of sp³-hybridized carbons (Fsp3) is 0.542. The van der Waals surface area contributed by atoms with E-state index in [1.807, 2.05) is 38.2 Å². The number of hydrogen-bond acceptors (Lipinski definition) is 5. The van der Waals surface area contributed by atoms with Crippen LogP contribution in [0.5, 0.6) is 0 Å². The summed E-state index contributed by atoms with van der Waals surface area (Å²) >= 11 is 0. The van der Waals surface area contributed by atoms with Gasteiger partial charge in [0, 0.05) is 40.4 Å². The number of aliphatic imine (C=N–C) groups is 1. The maximum Gasteiger partial charge on any atom is 0.193 e. The zero-order chi connectivity index (χ0) is 22.9. The number of nitriles is 1. The normalized spacial score (nSPS) is 14.4. The molecule has 0 spiro atoms. The molecule has 9 heteroatoms. The lowest BCUT2D eigenvalue weighted by atomic mass is 9.96. The van der Waals surface area contributed by atoms with Gasteiger partial charge in [-0.1, -0.05) is 17.7 Å². The van der Waals surface area contributed by atoms with E-state index in [2.05, 4.69) is 33.4 Å². The van der Waals surface area contributed by atoms with Gasteiger partial charge in [-0.15, -0.1) is 24.0 Å². The van der Waals surface area contributed by atoms with E-state index in [0.717, 1.165) is 80.8 Å². The largest absolute Gasteiger partial charge is 0.382 e. The topological polar surface area (TPSA) is 104 Å². The second-order valence-electron chi connectivity index (χ2n) is 8.41. The minimum atomic E-state index is 0. The molecule has 180 valence electrons. The van der Waals surface area contributed by atoms with Gasteiger partial charge in [0.25, 0.3) is 0 Å². The molecule has 1 saturated heterocycles. The van der Waals surface area contributed by atoms with E-state index in [1.54, 1.807) is 4.68 Å². The number of nitrogens with zero attached hydrogens (tertiary/aromatic N) is 5. The van der Waals surface area contributed by atoms with Crippen molar-refractivity contribution in [2.75, 3.05) is 46.1 Å². The minimum Gasteiger partial charge on any atom is -0.382 e. The van der Waals surface area contributed by atoms with Crippen LogP contribution in [-0.4, -0.2) is 61.0 Å². The maximum atomic E-state index is 9.59. The molecule has 3 rings (SSSR count). The first-order chi connectivity index (χ1) is 15.5. The molecule has 1 aromatic carbocycles. The minimum absolute atomic E-state index is 0. The maximum absolute atomic E-state index is 9.59. The fourth-order valence-electron chi connectivity index (χ4n) is 4.02. The van der Waals surface area contributed by atoms with Gasteiger partial charge in [-0.25, -0.2) is 4.68 Å². The van der Waals surface area contributed by atoms with Gasteiger partial charge in [-0.2, -0.15) is 10.4 Å². The molecule has 1 aliphatic heterocycles. The summed E-state index contributed by atoms with van der Waals surface area (Å²) in [6, 6.07) is 10.2. The van der Waals surface area contributed by atoms with E-state index in [-0.39, 0.29) is 24.0 Å².